The van der Waals surface area contributed by atoms with Crippen LogP contribution in [0, 0.1) is 0 Å². The van der Waals surface area contributed by atoms with Crippen LogP contribution in [0.1, 0.15) is 52.5 Å². The first kappa shape index (κ1) is 17.6. The predicted octanol–water partition coefficient (Wildman–Crippen LogP) is 4.15. The van der Waals surface area contributed by atoms with Gasteiger partial charge in [-0.1, -0.05) is 19.4 Å². The minimum atomic E-state index is -3.54. The summed E-state index contributed by atoms with van der Waals surface area (Å²) in [7, 11) is -3.54. The fourth-order valence-electron chi connectivity index (χ4n) is 3.24. The van der Waals surface area contributed by atoms with Crippen LogP contribution < -0.4 is 0 Å². The van der Waals surface area contributed by atoms with Gasteiger partial charge in [0.2, 0.25) is 10.0 Å². The normalized spacial score (nSPS) is 19.9. The molecule has 132 valence electrons. The molecule has 3 heterocycles. The Kier molecular flexibility index (Phi) is 5.13. The molecule has 0 aliphatic carbocycles. The molecular formula is C17H25N3O2S2. The summed E-state index contributed by atoms with van der Waals surface area (Å²) in [5.74, 6) is 0. The van der Waals surface area contributed by atoms with Gasteiger partial charge in [-0.15, -0.1) is 11.3 Å². The van der Waals surface area contributed by atoms with Crippen molar-refractivity contribution >= 4 is 21.4 Å². The van der Waals surface area contributed by atoms with E-state index in [0.29, 0.717) is 17.1 Å². The van der Waals surface area contributed by atoms with Crippen LogP contribution in [0.3, 0.4) is 0 Å². The zero-order valence-electron chi connectivity index (χ0n) is 14.5. The van der Waals surface area contributed by atoms with Gasteiger partial charge in [-0.2, -0.15) is 9.40 Å². The number of hydrogen-bond acceptors (Lipinski definition) is 4. The third-order valence-corrected chi connectivity index (χ3v) is 7.44. The Morgan fingerprint density at radius 2 is 2.17 bits per heavy atom. The highest BCUT2D eigenvalue weighted by Gasteiger charge is 2.36. The molecule has 0 bridgehead atoms. The molecule has 2 aromatic heterocycles. The number of thiophene rings is 1. The van der Waals surface area contributed by atoms with E-state index in [1.807, 2.05) is 31.4 Å². The van der Waals surface area contributed by atoms with Crippen LogP contribution in [0.15, 0.2) is 28.6 Å². The van der Waals surface area contributed by atoms with Crippen molar-refractivity contribution in [2.45, 2.75) is 63.4 Å². The number of hydrogen-bond donors (Lipinski definition) is 0. The Hall–Kier alpha value is -1.18. The molecule has 24 heavy (non-hydrogen) atoms. The third-order valence-electron chi connectivity index (χ3n) is 4.61. The fraction of sp³-hybridized carbons (Fsp3) is 0.588. The molecule has 0 radical (unpaired) electrons. The smallest absolute Gasteiger partial charge is 0.247 e. The van der Waals surface area contributed by atoms with Crippen LogP contribution in [-0.4, -0.2) is 35.1 Å². The van der Waals surface area contributed by atoms with Crippen LogP contribution in [0.2, 0.25) is 0 Å². The zero-order chi connectivity index (χ0) is 17.3. The average Bonchev–Trinajstić information content (AvgIpc) is 3.23. The van der Waals surface area contributed by atoms with E-state index in [0.717, 1.165) is 30.6 Å². The maximum Gasteiger partial charge on any atom is 0.247 e. The predicted molar refractivity (Wildman–Crippen MR) is 97.7 cm³/mol. The lowest BCUT2D eigenvalue weighted by atomic mass is 10.0. The van der Waals surface area contributed by atoms with Gasteiger partial charge in [0.1, 0.15) is 10.6 Å². The van der Waals surface area contributed by atoms with Crippen LogP contribution in [-0.2, 0) is 10.0 Å². The van der Waals surface area contributed by atoms with Crippen LogP contribution >= 0.6 is 11.3 Å². The summed E-state index contributed by atoms with van der Waals surface area (Å²) in [6.07, 6.45) is 5.54. The quantitative estimate of drug-likeness (QED) is 0.798. The first-order valence-corrected chi connectivity index (χ1v) is 10.9. The molecule has 2 aromatic rings. The van der Waals surface area contributed by atoms with Crippen molar-refractivity contribution in [1.82, 2.24) is 14.1 Å². The van der Waals surface area contributed by atoms with Crippen LogP contribution in [0.5, 0.6) is 0 Å². The Balaban J connectivity index is 2.09. The Bertz CT molecular complexity index is 779. The summed E-state index contributed by atoms with van der Waals surface area (Å²) in [6, 6.07) is 4.09. The Morgan fingerprint density at radius 1 is 1.38 bits per heavy atom. The van der Waals surface area contributed by atoms with Crippen LogP contribution in [0.25, 0.3) is 10.6 Å². The average molecular weight is 368 g/mol. The van der Waals surface area contributed by atoms with Gasteiger partial charge in [0.15, 0.2) is 0 Å². The summed E-state index contributed by atoms with van der Waals surface area (Å²) < 4.78 is 30.2. The lowest BCUT2D eigenvalue weighted by Crippen LogP contribution is -2.43. The van der Waals surface area contributed by atoms with E-state index < -0.39 is 10.0 Å². The summed E-state index contributed by atoms with van der Waals surface area (Å²) in [5, 5.41) is 6.54. The molecule has 0 aromatic carbocycles. The van der Waals surface area contributed by atoms with Crippen molar-refractivity contribution in [3.8, 4) is 10.6 Å². The maximum absolute atomic E-state index is 13.4. The molecule has 1 fully saturated rings. The first-order valence-electron chi connectivity index (χ1n) is 8.60. The number of rotatable bonds is 5. The van der Waals surface area contributed by atoms with E-state index in [2.05, 4.69) is 12.0 Å². The second-order valence-corrected chi connectivity index (χ2v) is 9.37. The lowest BCUT2D eigenvalue weighted by Gasteiger charge is -2.33. The van der Waals surface area contributed by atoms with Gasteiger partial charge < -0.3 is 0 Å². The topological polar surface area (TPSA) is 55.2 Å². The molecule has 1 aliphatic heterocycles. The van der Waals surface area contributed by atoms with Crippen molar-refractivity contribution in [1.29, 1.82) is 0 Å². The minimum Gasteiger partial charge on any atom is -0.268 e. The summed E-state index contributed by atoms with van der Waals surface area (Å²) in [6.45, 7) is 6.70. The molecule has 1 unspecified atom stereocenters. The monoisotopic (exact) mass is 367 g/mol. The highest BCUT2D eigenvalue weighted by Crippen LogP contribution is 2.34. The lowest BCUT2D eigenvalue weighted by molar-refractivity contribution is 0.246. The first-order chi connectivity index (χ1) is 11.4. The van der Waals surface area contributed by atoms with Crippen molar-refractivity contribution in [2.75, 3.05) is 6.54 Å². The molecule has 1 saturated heterocycles. The van der Waals surface area contributed by atoms with E-state index in [9.17, 15) is 8.42 Å². The Labute approximate surface area is 148 Å². The van der Waals surface area contributed by atoms with E-state index in [1.54, 1.807) is 15.2 Å². The molecular weight excluding hydrogens is 342 g/mol. The Morgan fingerprint density at radius 3 is 2.79 bits per heavy atom. The number of aromatic nitrogens is 2. The van der Waals surface area contributed by atoms with Crippen molar-refractivity contribution in [2.24, 2.45) is 0 Å². The molecule has 7 heteroatoms. The second-order valence-electron chi connectivity index (χ2n) is 6.57. The fourth-order valence-corrected chi connectivity index (χ4v) is 5.93. The summed E-state index contributed by atoms with van der Waals surface area (Å²) >= 11 is 1.53. The standard InChI is InChI=1S/C17H25N3O2S2/c1-4-14-8-5-6-10-20(14)24(21,22)16-12-19(13(2)3)18-17(16)15-9-7-11-23-15/h7,9,11-14H,4-6,8,10H2,1-3H3. The number of sulfonamides is 1. The second kappa shape index (κ2) is 6.98. The summed E-state index contributed by atoms with van der Waals surface area (Å²) in [4.78, 5) is 1.25. The van der Waals surface area contributed by atoms with Gasteiger partial charge in [-0.25, -0.2) is 8.42 Å². The van der Waals surface area contributed by atoms with Gasteiger partial charge in [-0.05, 0) is 44.6 Å². The molecule has 0 amide bonds. The van der Waals surface area contributed by atoms with E-state index in [4.69, 9.17) is 0 Å². The maximum atomic E-state index is 13.4. The van der Waals surface area contributed by atoms with Gasteiger partial charge in [0.25, 0.3) is 0 Å². The SMILES string of the molecule is CCC1CCCCN1S(=O)(=O)c1cn(C(C)C)nc1-c1cccs1. The molecule has 0 saturated carbocycles. The molecule has 1 aliphatic rings. The minimum absolute atomic E-state index is 0.0994. The number of nitrogens with zero attached hydrogens (tertiary/aromatic N) is 3. The van der Waals surface area contributed by atoms with Gasteiger partial charge >= 0.3 is 0 Å². The number of piperidine rings is 1. The molecule has 3 rings (SSSR count). The third kappa shape index (κ3) is 3.17. The van der Waals surface area contributed by atoms with Crippen molar-refractivity contribution in [3.05, 3.63) is 23.7 Å². The molecule has 0 spiro atoms. The molecule has 5 nitrogen and oxygen atoms in total. The zero-order valence-corrected chi connectivity index (χ0v) is 16.1. The molecule has 1 atom stereocenters. The van der Waals surface area contributed by atoms with Crippen LogP contribution in [0.4, 0.5) is 0 Å². The largest absolute Gasteiger partial charge is 0.268 e. The van der Waals surface area contributed by atoms with Crippen molar-refractivity contribution < 1.29 is 8.42 Å². The highest BCUT2D eigenvalue weighted by molar-refractivity contribution is 7.89. The molecule has 0 N–H and O–H groups in total. The van der Waals surface area contributed by atoms with Gasteiger partial charge in [0.05, 0.1) is 4.88 Å². The van der Waals surface area contributed by atoms with E-state index in [1.165, 1.54) is 11.3 Å². The van der Waals surface area contributed by atoms with E-state index >= 15 is 0 Å². The highest BCUT2D eigenvalue weighted by atomic mass is 32.2. The van der Waals surface area contributed by atoms with E-state index in [-0.39, 0.29) is 12.1 Å². The van der Waals surface area contributed by atoms with Crippen molar-refractivity contribution in [3.63, 3.8) is 0 Å². The van der Waals surface area contributed by atoms with Gasteiger partial charge in [-0.3, -0.25) is 4.68 Å². The summed E-state index contributed by atoms with van der Waals surface area (Å²) in [5.41, 5.74) is 0.583. The van der Waals surface area contributed by atoms with Gasteiger partial charge in [0, 0.05) is 24.8 Å².